The Balaban J connectivity index is 3.24. The van der Waals surface area contributed by atoms with Crippen molar-refractivity contribution in [2.75, 3.05) is 13.2 Å². The molecule has 0 unspecified atom stereocenters. The summed E-state index contributed by atoms with van der Waals surface area (Å²) in [6.45, 7) is 3.55. The molecule has 1 aromatic rings. The van der Waals surface area contributed by atoms with Gasteiger partial charge in [-0.05, 0) is 24.6 Å². The number of rotatable bonds is 3. The van der Waals surface area contributed by atoms with E-state index in [9.17, 15) is 8.42 Å². The highest BCUT2D eigenvalue weighted by molar-refractivity contribution is 7.89. The lowest BCUT2D eigenvalue weighted by Crippen LogP contribution is -2.24. The second-order valence-electron chi connectivity index (χ2n) is 3.44. The molecule has 0 fully saturated rings. The van der Waals surface area contributed by atoms with E-state index < -0.39 is 10.0 Å². The van der Waals surface area contributed by atoms with E-state index in [1.165, 1.54) is 6.07 Å². The van der Waals surface area contributed by atoms with Gasteiger partial charge in [0.05, 0.1) is 4.90 Å². The first kappa shape index (κ1) is 13.7. The van der Waals surface area contributed by atoms with Crippen molar-refractivity contribution in [3.05, 3.63) is 29.3 Å². The lowest BCUT2D eigenvalue weighted by molar-refractivity contribution is 0.350. The predicted octanol–water partition coefficient (Wildman–Crippen LogP) is 0.637. The van der Waals surface area contributed by atoms with Crippen molar-refractivity contribution in [1.82, 2.24) is 4.72 Å². The van der Waals surface area contributed by atoms with Crippen molar-refractivity contribution < 1.29 is 13.5 Å². The number of hydrogen-bond donors (Lipinski definition) is 2. The molecule has 0 spiro atoms. The fourth-order valence-electron chi connectivity index (χ4n) is 1.38. The molecular formula is C12H15NO3S. The maximum Gasteiger partial charge on any atom is 0.240 e. The van der Waals surface area contributed by atoms with Gasteiger partial charge < -0.3 is 5.11 Å². The van der Waals surface area contributed by atoms with Gasteiger partial charge in [-0.3, -0.25) is 0 Å². The van der Waals surface area contributed by atoms with Crippen LogP contribution in [0.1, 0.15) is 18.1 Å². The molecule has 0 saturated heterocycles. The van der Waals surface area contributed by atoms with Crippen LogP contribution in [0.25, 0.3) is 0 Å². The normalized spacial score (nSPS) is 10.8. The molecule has 4 nitrogen and oxygen atoms in total. The summed E-state index contributed by atoms with van der Waals surface area (Å²) < 4.78 is 26.2. The molecule has 0 atom stereocenters. The van der Waals surface area contributed by atoms with Gasteiger partial charge in [-0.1, -0.05) is 24.8 Å². The van der Waals surface area contributed by atoms with Gasteiger partial charge >= 0.3 is 0 Å². The van der Waals surface area contributed by atoms with Crippen molar-refractivity contribution in [2.45, 2.75) is 18.7 Å². The summed E-state index contributed by atoms with van der Waals surface area (Å²) in [5.74, 6) is 5.17. The van der Waals surface area contributed by atoms with Crippen LogP contribution in [0.3, 0.4) is 0 Å². The fraction of sp³-hybridized carbons (Fsp3) is 0.333. The first-order valence-corrected chi connectivity index (χ1v) is 6.69. The maximum absolute atomic E-state index is 11.9. The molecule has 1 aromatic carbocycles. The highest BCUT2D eigenvalue weighted by atomic mass is 32.2. The zero-order valence-electron chi connectivity index (χ0n) is 9.82. The summed E-state index contributed by atoms with van der Waals surface area (Å²) in [6.07, 6.45) is 0. The molecule has 0 heterocycles. The zero-order chi connectivity index (χ0) is 12.9. The van der Waals surface area contributed by atoms with E-state index >= 15 is 0 Å². The highest BCUT2D eigenvalue weighted by Gasteiger charge is 2.15. The monoisotopic (exact) mass is 253 g/mol. The molecule has 5 heteroatoms. The predicted molar refractivity (Wildman–Crippen MR) is 66.0 cm³/mol. The average molecular weight is 253 g/mol. The molecule has 17 heavy (non-hydrogen) atoms. The SMILES string of the molecule is CCNS(=O)(=O)c1cc(C#CCO)ccc1C. The zero-order valence-corrected chi connectivity index (χ0v) is 10.6. The third kappa shape index (κ3) is 3.56. The minimum atomic E-state index is -3.47. The number of hydrogen-bond acceptors (Lipinski definition) is 3. The molecule has 0 aliphatic carbocycles. The van der Waals surface area contributed by atoms with Gasteiger partial charge in [0.15, 0.2) is 0 Å². The standard InChI is InChI=1S/C12H15NO3S/c1-3-13-17(15,16)12-9-11(5-4-8-14)7-6-10(12)2/h6-7,9,13-14H,3,8H2,1-2H3. The lowest BCUT2D eigenvalue weighted by atomic mass is 10.1. The Kier molecular flexibility index (Phi) is 4.70. The van der Waals surface area contributed by atoms with Crippen LogP contribution in [0.2, 0.25) is 0 Å². The third-order valence-electron chi connectivity index (χ3n) is 2.12. The maximum atomic E-state index is 11.9. The van der Waals surface area contributed by atoms with Crippen LogP contribution in [0.15, 0.2) is 23.1 Å². The first-order chi connectivity index (χ1) is 8.01. The van der Waals surface area contributed by atoms with Crippen molar-refractivity contribution in [1.29, 1.82) is 0 Å². The second-order valence-corrected chi connectivity index (χ2v) is 5.18. The van der Waals surface area contributed by atoms with Gasteiger partial charge in [0.1, 0.15) is 6.61 Å². The van der Waals surface area contributed by atoms with Gasteiger partial charge in [-0.25, -0.2) is 13.1 Å². The smallest absolute Gasteiger partial charge is 0.240 e. The number of nitrogens with one attached hydrogen (secondary N) is 1. The number of aliphatic hydroxyl groups excluding tert-OH is 1. The molecule has 92 valence electrons. The van der Waals surface area contributed by atoms with Crippen LogP contribution < -0.4 is 4.72 Å². The average Bonchev–Trinajstić information content (AvgIpc) is 2.27. The van der Waals surface area contributed by atoms with Crippen molar-refractivity contribution in [2.24, 2.45) is 0 Å². The fourth-order valence-corrected chi connectivity index (χ4v) is 2.69. The molecule has 0 aromatic heterocycles. The van der Waals surface area contributed by atoms with Gasteiger partial charge in [-0.2, -0.15) is 0 Å². The summed E-state index contributed by atoms with van der Waals surface area (Å²) in [5, 5.41) is 8.59. The largest absolute Gasteiger partial charge is 0.384 e. The van der Waals surface area contributed by atoms with Gasteiger partial charge in [0.25, 0.3) is 0 Å². The highest BCUT2D eigenvalue weighted by Crippen LogP contribution is 2.16. The van der Waals surface area contributed by atoms with Crippen LogP contribution >= 0.6 is 0 Å². The summed E-state index contributed by atoms with van der Waals surface area (Å²) >= 11 is 0. The molecule has 0 amide bonds. The second kappa shape index (κ2) is 5.82. The van der Waals surface area contributed by atoms with Gasteiger partial charge in [0, 0.05) is 12.1 Å². The number of aryl methyl sites for hydroxylation is 1. The third-order valence-corrected chi connectivity index (χ3v) is 3.81. The lowest BCUT2D eigenvalue weighted by Gasteiger charge is -2.08. The summed E-state index contributed by atoms with van der Waals surface area (Å²) in [6, 6.07) is 4.94. The minimum Gasteiger partial charge on any atom is -0.384 e. The Morgan fingerprint density at radius 1 is 1.41 bits per heavy atom. The Morgan fingerprint density at radius 3 is 2.71 bits per heavy atom. The topological polar surface area (TPSA) is 66.4 Å². The van der Waals surface area contributed by atoms with Crippen molar-refractivity contribution >= 4 is 10.0 Å². The molecule has 0 aliphatic heterocycles. The molecular weight excluding hydrogens is 238 g/mol. The molecule has 2 N–H and O–H groups in total. The van der Waals surface area contributed by atoms with Crippen molar-refractivity contribution in [3.63, 3.8) is 0 Å². The van der Waals surface area contributed by atoms with Gasteiger partial charge in [0.2, 0.25) is 10.0 Å². The van der Waals surface area contributed by atoms with E-state index in [1.807, 2.05) is 0 Å². The summed E-state index contributed by atoms with van der Waals surface area (Å²) in [7, 11) is -3.47. The molecule has 1 rings (SSSR count). The van der Waals surface area contributed by atoms with E-state index in [4.69, 9.17) is 5.11 Å². The van der Waals surface area contributed by atoms with E-state index in [-0.39, 0.29) is 11.5 Å². The summed E-state index contributed by atoms with van der Waals surface area (Å²) in [5.41, 5.74) is 1.24. The Hall–Kier alpha value is -1.35. The van der Waals surface area contributed by atoms with E-state index in [0.29, 0.717) is 17.7 Å². The molecule has 0 saturated carbocycles. The molecule has 0 radical (unpaired) electrons. The first-order valence-electron chi connectivity index (χ1n) is 5.21. The van der Waals surface area contributed by atoms with Crippen LogP contribution in [0, 0.1) is 18.8 Å². The Labute approximate surface area is 102 Å². The molecule has 0 aliphatic rings. The van der Waals surface area contributed by atoms with Gasteiger partial charge in [-0.15, -0.1) is 0 Å². The summed E-state index contributed by atoms with van der Waals surface area (Å²) in [4.78, 5) is 0.226. The van der Waals surface area contributed by atoms with Crippen LogP contribution in [-0.4, -0.2) is 26.7 Å². The van der Waals surface area contributed by atoms with Crippen LogP contribution in [-0.2, 0) is 10.0 Å². The number of aliphatic hydroxyl groups is 1. The Morgan fingerprint density at radius 2 is 2.12 bits per heavy atom. The number of sulfonamides is 1. The molecule has 0 bridgehead atoms. The van der Waals surface area contributed by atoms with E-state index in [2.05, 4.69) is 16.6 Å². The van der Waals surface area contributed by atoms with Crippen LogP contribution in [0.5, 0.6) is 0 Å². The van der Waals surface area contributed by atoms with E-state index in [0.717, 1.165) is 0 Å². The Bertz CT molecular complexity index is 553. The van der Waals surface area contributed by atoms with Crippen LogP contribution in [0.4, 0.5) is 0 Å². The van der Waals surface area contributed by atoms with Crippen molar-refractivity contribution in [3.8, 4) is 11.8 Å². The quantitative estimate of drug-likeness (QED) is 0.777. The number of benzene rings is 1. The van der Waals surface area contributed by atoms with E-state index in [1.54, 1.807) is 26.0 Å². The minimum absolute atomic E-state index is 0.226.